The van der Waals surface area contributed by atoms with Gasteiger partial charge in [0.15, 0.2) is 5.96 Å². The monoisotopic (exact) mass is 435 g/mol. The summed E-state index contributed by atoms with van der Waals surface area (Å²) in [6.07, 6.45) is 2.36. The summed E-state index contributed by atoms with van der Waals surface area (Å²) in [5.41, 5.74) is 2.35. The van der Waals surface area contributed by atoms with E-state index >= 15 is 0 Å². The summed E-state index contributed by atoms with van der Waals surface area (Å²) in [5, 5.41) is 13.7. The van der Waals surface area contributed by atoms with E-state index in [1.807, 2.05) is 18.2 Å². The molecule has 0 aliphatic carbocycles. The molecule has 2 fully saturated rings. The van der Waals surface area contributed by atoms with E-state index in [1.165, 1.54) is 18.5 Å². The van der Waals surface area contributed by atoms with Crippen LogP contribution in [0, 0.1) is 5.92 Å². The van der Waals surface area contributed by atoms with Crippen LogP contribution in [-0.2, 0) is 6.42 Å². The predicted octanol–water partition coefficient (Wildman–Crippen LogP) is 3.04. The van der Waals surface area contributed by atoms with Crippen LogP contribution in [0.2, 0.25) is 0 Å². The zero-order valence-corrected chi connectivity index (χ0v) is 19.3. The second-order valence-electron chi connectivity index (χ2n) is 8.85. The Kier molecular flexibility index (Phi) is 7.88. The smallest absolute Gasteiger partial charge is 0.194 e. The summed E-state index contributed by atoms with van der Waals surface area (Å²) in [5.74, 6) is 2.04. The lowest BCUT2D eigenvalue weighted by Gasteiger charge is -2.38. The number of aliphatic imine (C=N–C) groups is 1. The molecule has 2 aliphatic rings. The Morgan fingerprint density at radius 2 is 1.75 bits per heavy atom. The number of hydrogen-bond donors (Lipinski definition) is 2. The lowest BCUT2D eigenvalue weighted by atomic mass is 10.1. The van der Waals surface area contributed by atoms with Crippen molar-refractivity contribution in [2.24, 2.45) is 10.9 Å². The molecule has 0 aromatic heterocycles. The van der Waals surface area contributed by atoms with Crippen molar-refractivity contribution in [1.29, 1.82) is 0 Å². The first-order valence-corrected chi connectivity index (χ1v) is 12.1. The number of rotatable bonds is 7. The second-order valence-corrected chi connectivity index (χ2v) is 8.85. The molecule has 0 saturated carbocycles. The fourth-order valence-electron chi connectivity index (χ4n) is 4.73. The molecule has 4 rings (SSSR count). The molecule has 6 heteroatoms. The molecule has 2 N–H and O–H groups in total. The Hall–Kier alpha value is -2.73. The largest absolute Gasteiger partial charge is 0.506 e. The van der Waals surface area contributed by atoms with Gasteiger partial charge in [0.2, 0.25) is 0 Å². The summed E-state index contributed by atoms with van der Waals surface area (Å²) < 4.78 is 0. The maximum atomic E-state index is 10.2. The molecule has 1 unspecified atom stereocenters. The van der Waals surface area contributed by atoms with Crippen LogP contribution in [0.5, 0.6) is 5.75 Å². The van der Waals surface area contributed by atoms with Crippen molar-refractivity contribution >= 4 is 11.6 Å². The van der Waals surface area contributed by atoms with Gasteiger partial charge in [-0.2, -0.15) is 0 Å². The number of hydrogen-bond acceptors (Lipinski definition) is 4. The van der Waals surface area contributed by atoms with Gasteiger partial charge in [-0.1, -0.05) is 42.5 Å². The number of aromatic hydroxyl groups is 1. The highest BCUT2D eigenvalue weighted by atomic mass is 16.3. The Labute approximate surface area is 192 Å². The zero-order chi connectivity index (χ0) is 22.2. The van der Waals surface area contributed by atoms with Crippen LogP contribution in [0.3, 0.4) is 0 Å². The zero-order valence-electron chi connectivity index (χ0n) is 19.3. The first-order chi connectivity index (χ1) is 15.7. The number of para-hydroxylation sites is 2. The minimum absolute atomic E-state index is 0.361. The molecule has 2 aromatic rings. The standard InChI is InChI=1S/C26H37N5O/c1-2-27-26(31-18-16-30(17-19-31)24-10-6-7-11-25(24)32)28-20-23-13-15-29(21-23)14-12-22-8-4-3-5-9-22/h3-11,23,32H,2,12-21H2,1H3,(H,27,28). The molecular weight excluding hydrogens is 398 g/mol. The fraction of sp³-hybridized carbons (Fsp3) is 0.500. The van der Waals surface area contributed by atoms with Crippen molar-refractivity contribution in [1.82, 2.24) is 15.1 Å². The highest BCUT2D eigenvalue weighted by Crippen LogP contribution is 2.27. The van der Waals surface area contributed by atoms with Crippen molar-refractivity contribution in [2.45, 2.75) is 19.8 Å². The van der Waals surface area contributed by atoms with Crippen molar-refractivity contribution in [2.75, 3.05) is 63.8 Å². The third-order valence-corrected chi connectivity index (χ3v) is 6.57. The summed E-state index contributed by atoms with van der Waals surface area (Å²) in [6.45, 7) is 11.0. The summed E-state index contributed by atoms with van der Waals surface area (Å²) in [6, 6.07) is 18.4. The molecule has 1 atom stereocenters. The Morgan fingerprint density at radius 1 is 1.00 bits per heavy atom. The molecule has 2 saturated heterocycles. The molecule has 6 nitrogen and oxygen atoms in total. The van der Waals surface area contributed by atoms with E-state index in [0.717, 1.165) is 70.4 Å². The lowest BCUT2D eigenvalue weighted by Crippen LogP contribution is -2.52. The number of piperazine rings is 1. The minimum atomic E-state index is 0.361. The summed E-state index contributed by atoms with van der Waals surface area (Å²) >= 11 is 0. The lowest BCUT2D eigenvalue weighted by molar-refractivity contribution is 0.329. The molecule has 172 valence electrons. The molecule has 2 heterocycles. The van der Waals surface area contributed by atoms with Crippen molar-refractivity contribution < 1.29 is 5.11 Å². The number of benzene rings is 2. The normalized spacial score (nSPS) is 20.0. The molecule has 0 spiro atoms. The van der Waals surface area contributed by atoms with Crippen LogP contribution in [-0.4, -0.2) is 79.8 Å². The molecular formula is C26H37N5O. The predicted molar refractivity (Wildman–Crippen MR) is 133 cm³/mol. The molecule has 0 radical (unpaired) electrons. The number of phenols is 1. The third-order valence-electron chi connectivity index (χ3n) is 6.57. The minimum Gasteiger partial charge on any atom is -0.506 e. The third kappa shape index (κ3) is 5.94. The van der Waals surface area contributed by atoms with Gasteiger partial charge in [0, 0.05) is 52.4 Å². The van der Waals surface area contributed by atoms with Gasteiger partial charge < -0.3 is 25.1 Å². The van der Waals surface area contributed by atoms with E-state index in [9.17, 15) is 5.11 Å². The van der Waals surface area contributed by atoms with Crippen LogP contribution in [0.25, 0.3) is 0 Å². The van der Waals surface area contributed by atoms with E-state index in [-0.39, 0.29) is 0 Å². The number of guanidine groups is 1. The van der Waals surface area contributed by atoms with Crippen LogP contribution in [0.15, 0.2) is 59.6 Å². The maximum Gasteiger partial charge on any atom is 0.194 e. The van der Waals surface area contributed by atoms with E-state index in [0.29, 0.717) is 11.7 Å². The number of phenolic OH excluding ortho intramolecular Hbond substituents is 1. The number of likely N-dealkylation sites (tertiary alicyclic amines) is 1. The van der Waals surface area contributed by atoms with Gasteiger partial charge in [-0.15, -0.1) is 0 Å². The van der Waals surface area contributed by atoms with Crippen molar-refractivity contribution in [3.63, 3.8) is 0 Å². The highest BCUT2D eigenvalue weighted by Gasteiger charge is 2.24. The van der Waals surface area contributed by atoms with Crippen LogP contribution < -0.4 is 10.2 Å². The SMILES string of the molecule is CCNC(=NCC1CCN(CCc2ccccc2)C1)N1CCN(c2ccccc2O)CC1. The van der Waals surface area contributed by atoms with E-state index < -0.39 is 0 Å². The Balaban J connectivity index is 1.26. The van der Waals surface area contributed by atoms with Crippen LogP contribution >= 0.6 is 0 Å². The fourth-order valence-corrected chi connectivity index (χ4v) is 4.73. The van der Waals surface area contributed by atoms with Gasteiger partial charge in [0.1, 0.15) is 5.75 Å². The van der Waals surface area contributed by atoms with Gasteiger partial charge in [0.25, 0.3) is 0 Å². The molecule has 0 bridgehead atoms. The average Bonchev–Trinajstić information content (AvgIpc) is 3.29. The van der Waals surface area contributed by atoms with Crippen LogP contribution in [0.1, 0.15) is 18.9 Å². The quantitative estimate of drug-likeness (QED) is 0.517. The number of nitrogens with one attached hydrogen (secondary N) is 1. The van der Waals surface area contributed by atoms with Gasteiger partial charge in [0.05, 0.1) is 5.69 Å². The molecule has 32 heavy (non-hydrogen) atoms. The number of nitrogens with zero attached hydrogens (tertiary/aromatic N) is 4. The first-order valence-electron chi connectivity index (χ1n) is 12.1. The Morgan fingerprint density at radius 3 is 2.50 bits per heavy atom. The molecule has 2 aromatic carbocycles. The van der Waals surface area contributed by atoms with Gasteiger partial charge in [-0.25, -0.2) is 0 Å². The van der Waals surface area contributed by atoms with Crippen molar-refractivity contribution in [3.8, 4) is 5.75 Å². The first kappa shape index (κ1) is 22.5. The van der Waals surface area contributed by atoms with Gasteiger partial charge in [-0.3, -0.25) is 4.99 Å². The van der Waals surface area contributed by atoms with Crippen LogP contribution in [0.4, 0.5) is 5.69 Å². The second kappa shape index (κ2) is 11.2. The van der Waals surface area contributed by atoms with E-state index in [2.05, 4.69) is 57.3 Å². The summed E-state index contributed by atoms with van der Waals surface area (Å²) in [4.78, 5) is 12.2. The summed E-state index contributed by atoms with van der Waals surface area (Å²) in [7, 11) is 0. The highest BCUT2D eigenvalue weighted by molar-refractivity contribution is 5.80. The Bertz CT molecular complexity index is 864. The van der Waals surface area contributed by atoms with Gasteiger partial charge in [-0.05, 0) is 49.9 Å². The average molecular weight is 436 g/mol. The van der Waals surface area contributed by atoms with E-state index in [1.54, 1.807) is 6.07 Å². The van der Waals surface area contributed by atoms with Gasteiger partial charge >= 0.3 is 0 Å². The van der Waals surface area contributed by atoms with E-state index in [4.69, 9.17) is 4.99 Å². The number of anilines is 1. The van der Waals surface area contributed by atoms with Crippen molar-refractivity contribution in [3.05, 3.63) is 60.2 Å². The maximum absolute atomic E-state index is 10.2. The molecule has 0 amide bonds. The topological polar surface area (TPSA) is 54.3 Å². The molecule has 2 aliphatic heterocycles.